The lowest BCUT2D eigenvalue weighted by Crippen LogP contribution is -2.33. The predicted octanol–water partition coefficient (Wildman–Crippen LogP) is 1.30. The molecule has 0 radical (unpaired) electrons. The van der Waals surface area contributed by atoms with Gasteiger partial charge >= 0.3 is 11.8 Å². The smallest absolute Gasteiger partial charge is 0.396 e. The highest BCUT2D eigenvalue weighted by Crippen LogP contribution is 2.16. The van der Waals surface area contributed by atoms with Gasteiger partial charge in [0.25, 0.3) is 0 Å². The maximum Gasteiger partial charge on any atom is 0.396 e. The summed E-state index contributed by atoms with van der Waals surface area (Å²) in [6.45, 7) is 1.60. The molecule has 0 aliphatic heterocycles. The van der Waals surface area contributed by atoms with Crippen molar-refractivity contribution in [1.82, 2.24) is 0 Å². The van der Waals surface area contributed by atoms with E-state index in [1.165, 1.54) is 0 Å². The van der Waals surface area contributed by atoms with E-state index in [-0.39, 0.29) is 6.61 Å². The van der Waals surface area contributed by atoms with Crippen molar-refractivity contribution in [3.05, 3.63) is 0 Å². The lowest BCUT2D eigenvalue weighted by molar-refractivity contribution is -0.149. The van der Waals surface area contributed by atoms with Gasteiger partial charge in [-0.05, 0) is 6.92 Å². The summed E-state index contributed by atoms with van der Waals surface area (Å²) >= 11 is 0. The molecule has 0 fully saturated rings. The first-order valence-electron chi connectivity index (χ1n) is 3.00. The molecule has 0 aromatic carbocycles. The lowest BCUT2D eigenvalue weighted by Gasteiger charge is -2.11. The number of carbonyl (C=O) groups is 1. The number of nitrogens with zero attached hydrogens (tertiary/aromatic N) is 3. The molecule has 0 spiro atoms. The maximum absolute atomic E-state index is 10.9. The Labute approximate surface area is 67.8 Å². The third kappa shape index (κ3) is 1.65. The van der Waals surface area contributed by atoms with Gasteiger partial charge in [0.2, 0.25) is 0 Å². The molecule has 0 saturated carbocycles. The summed E-state index contributed by atoms with van der Waals surface area (Å²) in [7, 11) is 0. The second-order valence-electron chi connectivity index (χ2n) is 1.69. The summed E-state index contributed by atoms with van der Waals surface area (Å²) in [5.41, 5.74) is 19.5. The predicted molar refractivity (Wildman–Crippen MR) is 34.8 cm³/mol. The highest BCUT2D eigenvalue weighted by Gasteiger charge is 2.40. The molecule has 0 amide bonds. The van der Waals surface area contributed by atoms with E-state index in [9.17, 15) is 4.79 Å². The fourth-order valence-electron chi connectivity index (χ4n) is 0.440. The Bertz CT molecular complexity index is 192. The average molecular weight is 172 g/mol. The minimum absolute atomic E-state index is 0.0567. The quantitative estimate of drug-likeness (QED) is 0.425. The van der Waals surface area contributed by atoms with E-state index in [1.54, 1.807) is 6.92 Å². The first-order valence-corrected chi connectivity index (χ1v) is 3.00. The topological polar surface area (TPSA) is 135 Å². The van der Waals surface area contributed by atoms with Gasteiger partial charge in [-0.25, -0.2) is 21.4 Å². The molecule has 0 aromatic heterocycles. The van der Waals surface area contributed by atoms with Gasteiger partial charge < -0.3 is 4.74 Å². The molecule has 0 aliphatic carbocycles. The largest absolute Gasteiger partial charge is 0.461 e. The average Bonchev–Trinajstić information content (AvgIpc) is 2.09. The molecule has 8 heteroatoms. The van der Waals surface area contributed by atoms with Crippen LogP contribution in [0.2, 0.25) is 0 Å². The van der Waals surface area contributed by atoms with Crippen molar-refractivity contribution < 1.29 is 9.53 Å². The number of esters is 1. The number of ether oxygens (including phenoxy) is 1. The van der Waals surface area contributed by atoms with Crippen LogP contribution in [0.3, 0.4) is 0 Å². The molecule has 0 rings (SSSR count). The van der Waals surface area contributed by atoms with Gasteiger partial charge in [0.05, 0.1) is 6.61 Å². The maximum atomic E-state index is 10.9. The van der Waals surface area contributed by atoms with E-state index >= 15 is 0 Å². The van der Waals surface area contributed by atoms with E-state index in [4.69, 9.17) is 16.6 Å². The third-order valence-electron chi connectivity index (χ3n) is 1.02. The van der Waals surface area contributed by atoms with Gasteiger partial charge in [0, 0.05) is 0 Å². The van der Waals surface area contributed by atoms with Crippen LogP contribution in [0.5, 0.6) is 0 Å². The van der Waals surface area contributed by atoms with Crippen LogP contribution >= 0.6 is 0 Å². The Morgan fingerprint density at radius 2 is 1.75 bits per heavy atom. The molecule has 0 aromatic rings. The van der Waals surface area contributed by atoms with Gasteiger partial charge in [-0.15, -0.1) is 15.3 Å². The zero-order chi connectivity index (χ0) is 9.61. The highest BCUT2D eigenvalue weighted by atomic mass is 16.5. The van der Waals surface area contributed by atoms with Crippen molar-refractivity contribution in [1.29, 1.82) is 16.6 Å². The number of hydrogen-bond acceptors (Lipinski definition) is 8. The Morgan fingerprint density at radius 3 is 2.00 bits per heavy atom. The van der Waals surface area contributed by atoms with Crippen molar-refractivity contribution in [2.75, 3.05) is 6.61 Å². The Balaban J connectivity index is 4.70. The van der Waals surface area contributed by atoms with E-state index in [0.29, 0.717) is 0 Å². The van der Waals surface area contributed by atoms with Crippen LogP contribution in [-0.2, 0) is 9.53 Å². The van der Waals surface area contributed by atoms with Crippen molar-refractivity contribution in [2.45, 2.75) is 12.7 Å². The minimum atomic E-state index is -2.35. The van der Waals surface area contributed by atoms with Crippen LogP contribution in [0.4, 0.5) is 0 Å². The van der Waals surface area contributed by atoms with Crippen molar-refractivity contribution >= 4 is 5.97 Å². The lowest BCUT2D eigenvalue weighted by atomic mass is 10.4. The standard InChI is InChI=1S/C4H8N6O2/c1-2-12-3(11)4(8-5,9-6)10-7/h5-7H,2H2,1H3. The molecule has 3 N–H and O–H groups in total. The highest BCUT2D eigenvalue weighted by molar-refractivity contribution is 5.79. The van der Waals surface area contributed by atoms with E-state index in [1.807, 2.05) is 0 Å². The zero-order valence-corrected chi connectivity index (χ0v) is 6.37. The molecule has 0 atom stereocenters. The summed E-state index contributed by atoms with van der Waals surface area (Å²) in [6.07, 6.45) is 0. The molecule has 0 unspecified atom stereocenters. The molecule has 0 saturated heterocycles. The summed E-state index contributed by atoms with van der Waals surface area (Å²) in [4.78, 5) is 10.9. The molecule has 66 valence electrons. The number of nitrogens with one attached hydrogen (secondary N) is 3. The molecule has 0 aliphatic rings. The molecular weight excluding hydrogens is 164 g/mol. The molecule has 8 nitrogen and oxygen atoms in total. The van der Waals surface area contributed by atoms with Crippen LogP contribution < -0.4 is 0 Å². The van der Waals surface area contributed by atoms with Gasteiger partial charge in [-0.1, -0.05) is 0 Å². The third-order valence-corrected chi connectivity index (χ3v) is 1.02. The van der Waals surface area contributed by atoms with Crippen molar-refractivity contribution in [3.8, 4) is 0 Å². The van der Waals surface area contributed by atoms with Gasteiger partial charge in [0.1, 0.15) is 0 Å². The summed E-state index contributed by atoms with van der Waals surface area (Å²) in [6, 6.07) is 0. The fraction of sp³-hybridized carbons (Fsp3) is 0.750. The van der Waals surface area contributed by atoms with Crippen LogP contribution in [0.25, 0.3) is 0 Å². The monoisotopic (exact) mass is 172 g/mol. The number of rotatable bonds is 5. The summed E-state index contributed by atoms with van der Waals surface area (Å²) in [5, 5.41) is 7.93. The normalized spacial score (nSPS) is 14.1. The Hall–Kier alpha value is -1.73. The van der Waals surface area contributed by atoms with Crippen LogP contribution in [0.1, 0.15) is 6.92 Å². The molecule has 12 heavy (non-hydrogen) atoms. The number of carbonyl (C=O) groups excluding carboxylic acids is 1. The molecule has 0 bridgehead atoms. The van der Waals surface area contributed by atoms with Gasteiger partial charge in [-0.2, -0.15) is 0 Å². The second-order valence-corrected chi connectivity index (χ2v) is 1.69. The van der Waals surface area contributed by atoms with E-state index < -0.39 is 11.8 Å². The fourth-order valence-corrected chi connectivity index (χ4v) is 0.440. The zero-order valence-electron chi connectivity index (χ0n) is 6.37. The van der Waals surface area contributed by atoms with Crippen LogP contribution in [0, 0.1) is 16.6 Å². The van der Waals surface area contributed by atoms with Crippen molar-refractivity contribution in [3.63, 3.8) is 0 Å². The SMILES string of the molecule is CCOC(=O)C(N=N)(N=N)N=N. The summed E-state index contributed by atoms with van der Waals surface area (Å²) < 4.78 is 4.40. The van der Waals surface area contributed by atoms with Crippen LogP contribution in [0.15, 0.2) is 15.3 Å². The van der Waals surface area contributed by atoms with Gasteiger partial charge in [-0.3, -0.25) is 0 Å². The number of hydrogen-bond donors (Lipinski definition) is 3. The molecule has 0 heterocycles. The van der Waals surface area contributed by atoms with E-state index in [2.05, 4.69) is 20.1 Å². The Kier molecular flexibility index (Phi) is 3.60. The van der Waals surface area contributed by atoms with Crippen molar-refractivity contribution in [2.24, 2.45) is 15.3 Å². The second kappa shape index (κ2) is 4.21. The summed E-state index contributed by atoms with van der Waals surface area (Å²) in [5.74, 6) is -3.44. The van der Waals surface area contributed by atoms with E-state index in [0.717, 1.165) is 0 Å². The van der Waals surface area contributed by atoms with Gasteiger partial charge in [0.15, 0.2) is 0 Å². The first-order chi connectivity index (χ1) is 5.66. The van der Waals surface area contributed by atoms with Crippen LogP contribution in [-0.4, -0.2) is 18.4 Å². The molecular formula is C4H8N6O2. The minimum Gasteiger partial charge on any atom is -0.461 e. The first kappa shape index (κ1) is 10.3. The Morgan fingerprint density at radius 1 is 1.33 bits per heavy atom.